The number of nitrogens with zero attached hydrogens (tertiary/aromatic N) is 2. The molecule has 2 aromatic carbocycles. The number of piperidine rings is 1. The van der Waals surface area contributed by atoms with Crippen molar-refractivity contribution in [2.75, 3.05) is 20.1 Å². The molecule has 1 fully saturated rings. The van der Waals surface area contributed by atoms with E-state index in [0.29, 0.717) is 46.6 Å². The zero-order valence-corrected chi connectivity index (χ0v) is 19.6. The number of carbonyl (C=O) groups is 1. The van der Waals surface area contributed by atoms with Gasteiger partial charge in [0.15, 0.2) is 0 Å². The largest absolute Gasteiger partial charge is 0.341 e. The first-order valence-corrected chi connectivity index (χ1v) is 12.3. The second kappa shape index (κ2) is 9.88. The monoisotopic (exact) mass is 488 g/mol. The Morgan fingerprint density at radius 2 is 1.73 bits per heavy atom. The minimum Gasteiger partial charge on any atom is -0.341 e. The standard InChI is InChI=1S/C21H23Cl3N2O3S/c1-25(12-15-4-7-18(22)8-5-15)21(27)17-3-2-10-26(13-17)30(28,29)14-16-6-9-19(23)20(24)11-16/h4-9,11,17H,2-3,10,12-14H2,1H3. The summed E-state index contributed by atoms with van der Waals surface area (Å²) in [6.07, 6.45) is 1.31. The van der Waals surface area contributed by atoms with E-state index in [1.807, 2.05) is 12.1 Å². The van der Waals surface area contributed by atoms with Crippen molar-refractivity contribution < 1.29 is 13.2 Å². The number of hydrogen-bond donors (Lipinski definition) is 0. The van der Waals surface area contributed by atoms with Crippen molar-refractivity contribution in [3.05, 3.63) is 68.7 Å². The van der Waals surface area contributed by atoms with E-state index in [1.54, 1.807) is 42.3 Å². The number of rotatable bonds is 6. The molecule has 2 aromatic rings. The van der Waals surface area contributed by atoms with Gasteiger partial charge < -0.3 is 4.90 Å². The van der Waals surface area contributed by atoms with Gasteiger partial charge in [0.05, 0.1) is 21.7 Å². The van der Waals surface area contributed by atoms with E-state index in [-0.39, 0.29) is 24.1 Å². The van der Waals surface area contributed by atoms with Crippen LogP contribution in [0.15, 0.2) is 42.5 Å². The average Bonchev–Trinajstić information content (AvgIpc) is 2.72. The van der Waals surface area contributed by atoms with Gasteiger partial charge in [-0.3, -0.25) is 4.79 Å². The Balaban J connectivity index is 1.65. The quantitative estimate of drug-likeness (QED) is 0.583. The topological polar surface area (TPSA) is 57.7 Å². The number of benzene rings is 2. The zero-order valence-electron chi connectivity index (χ0n) is 16.5. The molecule has 1 aliphatic rings. The highest BCUT2D eigenvalue weighted by Gasteiger charge is 2.33. The molecule has 9 heteroatoms. The molecule has 162 valence electrons. The van der Waals surface area contributed by atoms with Crippen LogP contribution < -0.4 is 0 Å². The molecule has 0 bridgehead atoms. The van der Waals surface area contributed by atoms with Gasteiger partial charge in [0.1, 0.15) is 0 Å². The van der Waals surface area contributed by atoms with Gasteiger partial charge in [0.25, 0.3) is 0 Å². The number of hydrogen-bond acceptors (Lipinski definition) is 3. The summed E-state index contributed by atoms with van der Waals surface area (Å²) < 4.78 is 27.3. The van der Waals surface area contributed by atoms with Gasteiger partial charge in [0, 0.05) is 31.7 Å². The van der Waals surface area contributed by atoms with E-state index < -0.39 is 10.0 Å². The lowest BCUT2D eigenvalue weighted by Gasteiger charge is -2.33. The Kier molecular flexibility index (Phi) is 7.69. The first kappa shape index (κ1) is 23.4. The third kappa shape index (κ3) is 5.89. The van der Waals surface area contributed by atoms with Crippen LogP contribution in [-0.4, -0.2) is 43.7 Å². The maximum Gasteiger partial charge on any atom is 0.227 e. The molecule has 0 spiro atoms. The first-order chi connectivity index (χ1) is 14.2. The van der Waals surface area contributed by atoms with Crippen molar-refractivity contribution >= 4 is 50.7 Å². The second-order valence-electron chi connectivity index (χ2n) is 7.52. The van der Waals surface area contributed by atoms with Crippen LogP contribution in [0.25, 0.3) is 0 Å². The molecule has 5 nitrogen and oxygen atoms in total. The molecule has 0 aromatic heterocycles. The summed E-state index contributed by atoms with van der Waals surface area (Å²) in [4.78, 5) is 14.6. The van der Waals surface area contributed by atoms with Gasteiger partial charge in [-0.2, -0.15) is 0 Å². The predicted octanol–water partition coefficient (Wildman–Crippen LogP) is 4.85. The van der Waals surface area contributed by atoms with Gasteiger partial charge >= 0.3 is 0 Å². The smallest absolute Gasteiger partial charge is 0.227 e. The molecule has 1 saturated heterocycles. The van der Waals surface area contributed by atoms with Crippen LogP contribution in [0.3, 0.4) is 0 Å². The van der Waals surface area contributed by atoms with E-state index in [1.165, 1.54) is 4.31 Å². The highest BCUT2D eigenvalue weighted by molar-refractivity contribution is 7.88. The van der Waals surface area contributed by atoms with Crippen molar-refractivity contribution in [1.29, 1.82) is 0 Å². The Bertz CT molecular complexity index is 1010. The van der Waals surface area contributed by atoms with E-state index in [9.17, 15) is 13.2 Å². The molecule has 1 unspecified atom stereocenters. The molecule has 1 amide bonds. The molecular formula is C21H23Cl3N2O3S. The lowest BCUT2D eigenvalue weighted by molar-refractivity contribution is -0.135. The number of carbonyl (C=O) groups excluding carboxylic acids is 1. The Labute approximate surface area is 192 Å². The van der Waals surface area contributed by atoms with E-state index in [0.717, 1.165) is 5.56 Å². The van der Waals surface area contributed by atoms with Gasteiger partial charge in [-0.05, 0) is 48.2 Å². The van der Waals surface area contributed by atoms with Crippen LogP contribution in [0.5, 0.6) is 0 Å². The molecule has 30 heavy (non-hydrogen) atoms. The average molecular weight is 490 g/mol. The predicted molar refractivity (Wildman–Crippen MR) is 121 cm³/mol. The lowest BCUT2D eigenvalue weighted by atomic mass is 9.98. The van der Waals surface area contributed by atoms with Crippen LogP contribution in [-0.2, 0) is 27.1 Å². The van der Waals surface area contributed by atoms with E-state index in [2.05, 4.69) is 0 Å². The Morgan fingerprint density at radius 1 is 1.07 bits per heavy atom. The molecule has 1 heterocycles. The van der Waals surface area contributed by atoms with Crippen molar-refractivity contribution in [2.45, 2.75) is 25.1 Å². The van der Waals surface area contributed by atoms with Gasteiger partial charge in [-0.1, -0.05) is 53.0 Å². The molecule has 3 rings (SSSR count). The molecular weight excluding hydrogens is 467 g/mol. The summed E-state index contributed by atoms with van der Waals surface area (Å²) in [7, 11) is -1.84. The number of sulfonamides is 1. The highest BCUT2D eigenvalue weighted by atomic mass is 35.5. The lowest BCUT2D eigenvalue weighted by Crippen LogP contribution is -2.46. The molecule has 0 aliphatic carbocycles. The summed E-state index contributed by atoms with van der Waals surface area (Å²) in [5, 5.41) is 1.34. The van der Waals surface area contributed by atoms with E-state index >= 15 is 0 Å². The normalized spacial score (nSPS) is 17.7. The summed E-state index contributed by atoms with van der Waals surface area (Å²) in [5.74, 6) is -0.593. The Morgan fingerprint density at radius 3 is 2.40 bits per heavy atom. The third-order valence-corrected chi connectivity index (χ3v) is 7.98. The molecule has 0 saturated carbocycles. The summed E-state index contributed by atoms with van der Waals surface area (Å²) in [5.41, 5.74) is 1.54. The van der Waals surface area contributed by atoms with Crippen LogP contribution in [0.2, 0.25) is 15.1 Å². The third-order valence-electron chi connectivity index (χ3n) is 5.17. The minimum atomic E-state index is -3.58. The van der Waals surface area contributed by atoms with Crippen molar-refractivity contribution in [3.63, 3.8) is 0 Å². The van der Waals surface area contributed by atoms with Gasteiger partial charge in [0.2, 0.25) is 15.9 Å². The van der Waals surface area contributed by atoms with Gasteiger partial charge in [-0.15, -0.1) is 0 Å². The second-order valence-corrected chi connectivity index (χ2v) is 10.7. The van der Waals surface area contributed by atoms with Crippen LogP contribution >= 0.6 is 34.8 Å². The molecule has 1 atom stereocenters. The summed E-state index contributed by atoms with van der Waals surface area (Å²) >= 11 is 17.8. The van der Waals surface area contributed by atoms with Gasteiger partial charge in [-0.25, -0.2) is 12.7 Å². The zero-order chi connectivity index (χ0) is 21.9. The number of amides is 1. The van der Waals surface area contributed by atoms with Crippen molar-refractivity contribution in [2.24, 2.45) is 5.92 Å². The van der Waals surface area contributed by atoms with Crippen LogP contribution in [0.4, 0.5) is 0 Å². The van der Waals surface area contributed by atoms with Crippen LogP contribution in [0.1, 0.15) is 24.0 Å². The summed E-state index contributed by atoms with van der Waals surface area (Å²) in [6.45, 7) is 1.05. The molecule has 0 N–H and O–H groups in total. The minimum absolute atomic E-state index is 0.0561. The fraction of sp³-hybridized carbons (Fsp3) is 0.381. The maximum absolute atomic E-state index is 12.9. The highest BCUT2D eigenvalue weighted by Crippen LogP contribution is 2.26. The fourth-order valence-electron chi connectivity index (χ4n) is 3.58. The van der Waals surface area contributed by atoms with E-state index in [4.69, 9.17) is 34.8 Å². The van der Waals surface area contributed by atoms with Crippen molar-refractivity contribution in [1.82, 2.24) is 9.21 Å². The fourth-order valence-corrected chi connectivity index (χ4v) is 5.63. The Hall–Kier alpha value is -1.31. The van der Waals surface area contributed by atoms with Crippen LogP contribution in [0, 0.1) is 5.92 Å². The SMILES string of the molecule is CN(Cc1ccc(Cl)cc1)C(=O)C1CCCN(S(=O)(=O)Cc2ccc(Cl)c(Cl)c2)C1. The van der Waals surface area contributed by atoms with Crippen molar-refractivity contribution in [3.8, 4) is 0 Å². The maximum atomic E-state index is 12.9. The number of halogens is 3. The first-order valence-electron chi connectivity index (χ1n) is 9.57. The molecule has 1 aliphatic heterocycles. The summed E-state index contributed by atoms with van der Waals surface area (Å²) in [6, 6.07) is 12.1. The molecule has 0 radical (unpaired) electrons.